The van der Waals surface area contributed by atoms with E-state index in [0.29, 0.717) is 0 Å². The summed E-state index contributed by atoms with van der Waals surface area (Å²) >= 11 is 0. The van der Waals surface area contributed by atoms with Gasteiger partial charge in [-0.3, -0.25) is 0 Å². The molecule has 0 saturated heterocycles. The largest absolute Gasteiger partial charge is 0.120 e. The van der Waals surface area contributed by atoms with E-state index in [1.54, 1.807) is 0 Å². The minimum absolute atomic E-state index is 0.868. The summed E-state index contributed by atoms with van der Waals surface area (Å²) in [7, 11) is 0. The number of unbranched alkanes of at least 4 members (excludes halogenated alkanes) is 1. The maximum Gasteiger partial charge on any atom is 0.00892 e. The van der Waals surface area contributed by atoms with Crippen LogP contribution in [0.4, 0.5) is 0 Å². The summed E-state index contributed by atoms with van der Waals surface area (Å²) in [6.07, 6.45) is 8.26. The number of aryl methyl sites for hydroxylation is 1. The first kappa shape index (κ1) is 9.80. The average Bonchev–Trinajstić information content (AvgIpc) is 2.29. The number of hydrogen-bond donors (Lipinski definition) is 0. The summed E-state index contributed by atoms with van der Waals surface area (Å²) in [6.45, 7) is 0. The van der Waals surface area contributed by atoms with E-state index in [4.69, 9.17) is 6.42 Å². The van der Waals surface area contributed by atoms with Gasteiger partial charge in [0.1, 0.15) is 0 Å². The molecular weight excluding hydrogens is 180 g/mol. The van der Waals surface area contributed by atoms with Gasteiger partial charge in [0, 0.05) is 6.42 Å². The van der Waals surface area contributed by atoms with Crippen molar-refractivity contribution in [2.45, 2.75) is 19.3 Å². The summed E-state index contributed by atoms with van der Waals surface area (Å²) in [6, 6.07) is 15.1. The number of hydrogen-bond acceptors (Lipinski definition) is 0. The lowest BCUT2D eigenvalue weighted by Crippen LogP contribution is -1.84. The second kappa shape index (κ2) is 4.66. The topological polar surface area (TPSA) is 0 Å². The summed E-state index contributed by atoms with van der Waals surface area (Å²) in [5.74, 6) is 2.68. The fourth-order valence-corrected chi connectivity index (χ4v) is 1.79. The Hall–Kier alpha value is -1.74. The van der Waals surface area contributed by atoms with Gasteiger partial charge >= 0.3 is 0 Å². The van der Waals surface area contributed by atoms with Gasteiger partial charge in [0.05, 0.1) is 0 Å². The van der Waals surface area contributed by atoms with Gasteiger partial charge < -0.3 is 0 Å². The summed E-state index contributed by atoms with van der Waals surface area (Å²) < 4.78 is 0. The molecule has 0 bridgehead atoms. The molecule has 0 amide bonds. The zero-order valence-corrected chi connectivity index (χ0v) is 8.74. The van der Waals surface area contributed by atoms with Crippen molar-refractivity contribution in [3.8, 4) is 12.3 Å². The molecule has 0 spiro atoms. The molecule has 0 heterocycles. The Morgan fingerprint density at radius 1 is 1.00 bits per heavy atom. The predicted molar refractivity (Wildman–Crippen MR) is 65.7 cm³/mol. The number of rotatable bonds is 3. The Balaban J connectivity index is 2.20. The highest BCUT2D eigenvalue weighted by Gasteiger charge is 1.95. The molecule has 74 valence electrons. The standard InChI is InChI=1S/C15H14/c1-2-3-4-7-13-10-11-14-8-5-6-9-15(14)12-13/h1,5-6,8-12H,3-4,7H2. The van der Waals surface area contributed by atoms with E-state index >= 15 is 0 Å². The third-order valence-corrected chi connectivity index (χ3v) is 2.60. The quantitative estimate of drug-likeness (QED) is 0.515. The summed E-state index contributed by atoms with van der Waals surface area (Å²) in [5.41, 5.74) is 1.38. The Labute approximate surface area is 90.9 Å². The first-order valence-corrected chi connectivity index (χ1v) is 5.31. The molecule has 0 heteroatoms. The highest BCUT2D eigenvalue weighted by molar-refractivity contribution is 5.82. The van der Waals surface area contributed by atoms with Crippen LogP contribution in [0.25, 0.3) is 10.8 Å². The van der Waals surface area contributed by atoms with E-state index in [0.717, 1.165) is 19.3 Å². The zero-order chi connectivity index (χ0) is 10.5. The Morgan fingerprint density at radius 3 is 2.60 bits per heavy atom. The van der Waals surface area contributed by atoms with E-state index in [1.807, 2.05) is 0 Å². The molecular formula is C15H14. The lowest BCUT2D eigenvalue weighted by Gasteiger charge is -2.02. The third-order valence-electron chi connectivity index (χ3n) is 2.60. The molecule has 0 atom stereocenters. The highest BCUT2D eigenvalue weighted by atomic mass is 14.0. The van der Waals surface area contributed by atoms with Gasteiger partial charge in [-0.05, 0) is 29.2 Å². The van der Waals surface area contributed by atoms with Gasteiger partial charge in [-0.1, -0.05) is 42.5 Å². The Morgan fingerprint density at radius 2 is 1.80 bits per heavy atom. The zero-order valence-electron chi connectivity index (χ0n) is 8.74. The van der Waals surface area contributed by atoms with E-state index in [-0.39, 0.29) is 0 Å². The SMILES string of the molecule is C#CCCCc1ccc2ccccc2c1. The fourth-order valence-electron chi connectivity index (χ4n) is 1.79. The van der Waals surface area contributed by atoms with Crippen LogP contribution < -0.4 is 0 Å². The summed E-state index contributed by atoms with van der Waals surface area (Å²) in [5, 5.41) is 2.62. The monoisotopic (exact) mass is 194 g/mol. The van der Waals surface area contributed by atoms with Gasteiger partial charge in [-0.15, -0.1) is 12.3 Å². The lowest BCUT2D eigenvalue weighted by atomic mass is 10.0. The summed E-state index contributed by atoms with van der Waals surface area (Å²) in [4.78, 5) is 0. The highest BCUT2D eigenvalue weighted by Crippen LogP contribution is 2.16. The minimum Gasteiger partial charge on any atom is -0.120 e. The van der Waals surface area contributed by atoms with Crippen LogP contribution in [-0.4, -0.2) is 0 Å². The van der Waals surface area contributed by atoms with Gasteiger partial charge in [0.25, 0.3) is 0 Å². The van der Waals surface area contributed by atoms with Gasteiger partial charge in [-0.2, -0.15) is 0 Å². The van der Waals surface area contributed by atoms with E-state index in [2.05, 4.69) is 48.4 Å². The average molecular weight is 194 g/mol. The van der Waals surface area contributed by atoms with Crippen LogP contribution in [-0.2, 0) is 6.42 Å². The molecule has 0 N–H and O–H groups in total. The molecule has 0 aliphatic carbocycles. The Kier molecular flexibility index (Phi) is 3.05. The maximum absolute atomic E-state index is 5.23. The van der Waals surface area contributed by atoms with Crippen LogP contribution in [0.5, 0.6) is 0 Å². The van der Waals surface area contributed by atoms with Crippen molar-refractivity contribution in [1.82, 2.24) is 0 Å². The first-order chi connectivity index (χ1) is 7.40. The molecule has 0 aliphatic heterocycles. The van der Waals surface area contributed by atoms with Crippen molar-refractivity contribution >= 4 is 10.8 Å². The van der Waals surface area contributed by atoms with Crippen molar-refractivity contribution in [3.63, 3.8) is 0 Å². The third kappa shape index (κ3) is 2.39. The molecule has 0 aromatic heterocycles. The maximum atomic E-state index is 5.23. The van der Waals surface area contributed by atoms with Crippen molar-refractivity contribution in [2.24, 2.45) is 0 Å². The van der Waals surface area contributed by atoms with E-state index in [1.165, 1.54) is 16.3 Å². The lowest BCUT2D eigenvalue weighted by molar-refractivity contribution is 0.859. The van der Waals surface area contributed by atoms with E-state index in [9.17, 15) is 0 Å². The molecule has 15 heavy (non-hydrogen) atoms. The minimum atomic E-state index is 0.868. The van der Waals surface area contributed by atoms with Gasteiger partial charge in [0.2, 0.25) is 0 Å². The molecule has 2 rings (SSSR count). The molecule has 0 aliphatic rings. The molecule has 2 aromatic carbocycles. The number of fused-ring (bicyclic) bond motifs is 1. The van der Waals surface area contributed by atoms with Crippen LogP contribution in [0.1, 0.15) is 18.4 Å². The molecule has 0 nitrogen and oxygen atoms in total. The fraction of sp³-hybridized carbons (Fsp3) is 0.200. The smallest absolute Gasteiger partial charge is 0.00892 e. The van der Waals surface area contributed by atoms with Crippen molar-refractivity contribution in [2.75, 3.05) is 0 Å². The molecule has 0 radical (unpaired) electrons. The van der Waals surface area contributed by atoms with Gasteiger partial charge in [-0.25, -0.2) is 0 Å². The second-order valence-electron chi connectivity index (χ2n) is 3.74. The normalized spacial score (nSPS) is 10.1. The van der Waals surface area contributed by atoms with E-state index < -0.39 is 0 Å². The van der Waals surface area contributed by atoms with Crippen LogP contribution in [0.2, 0.25) is 0 Å². The molecule has 0 saturated carbocycles. The van der Waals surface area contributed by atoms with Gasteiger partial charge in [0.15, 0.2) is 0 Å². The molecule has 2 aromatic rings. The molecule has 0 unspecified atom stereocenters. The molecule has 0 fully saturated rings. The Bertz CT molecular complexity index is 489. The first-order valence-electron chi connectivity index (χ1n) is 5.31. The number of terminal acetylenes is 1. The van der Waals surface area contributed by atoms with Crippen molar-refractivity contribution < 1.29 is 0 Å². The van der Waals surface area contributed by atoms with Crippen molar-refractivity contribution in [1.29, 1.82) is 0 Å². The van der Waals surface area contributed by atoms with Crippen LogP contribution in [0, 0.1) is 12.3 Å². The van der Waals surface area contributed by atoms with Crippen molar-refractivity contribution in [3.05, 3.63) is 48.0 Å². The van der Waals surface area contributed by atoms with Crippen LogP contribution in [0.15, 0.2) is 42.5 Å². The second-order valence-corrected chi connectivity index (χ2v) is 3.74. The number of benzene rings is 2. The van der Waals surface area contributed by atoms with Crippen LogP contribution in [0.3, 0.4) is 0 Å². The predicted octanol–water partition coefficient (Wildman–Crippen LogP) is 3.80. The van der Waals surface area contributed by atoms with Crippen LogP contribution >= 0.6 is 0 Å².